The number of aryl methyl sites for hydroxylation is 1. The number of hydrogen-bond donors (Lipinski definition) is 0. The summed E-state index contributed by atoms with van der Waals surface area (Å²) >= 11 is 6.27. The minimum absolute atomic E-state index is 0.134. The van der Waals surface area contributed by atoms with E-state index in [1.54, 1.807) is 0 Å². The zero-order chi connectivity index (χ0) is 16.7. The molecule has 0 radical (unpaired) electrons. The number of amides is 1. The van der Waals surface area contributed by atoms with Crippen LogP contribution in [0.2, 0.25) is 5.02 Å². The molecule has 0 saturated carbocycles. The Hall–Kier alpha value is -1.46. The fraction of sp³-hybridized carbons (Fsp3) is 0.611. The molecule has 0 N–H and O–H groups in total. The molecule has 3 aliphatic rings. The molecular weight excluding hydrogens is 326 g/mol. The van der Waals surface area contributed by atoms with Crippen LogP contribution in [0.3, 0.4) is 0 Å². The van der Waals surface area contributed by atoms with Gasteiger partial charge in [0.1, 0.15) is 6.61 Å². The van der Waals surface area contributed by atoms with Crippen LogP contribution in [-0.2, 0) is 4.74 Å². The van der Waals surface area contributed by atoms with Gasteiger partial charge in [-0.2, -0.15) is 0 Å². The van der Waals surface area contributed by atoms with E-state index in [0.717, 1.165) is 56.2 Å². The first-order chi connectivity index (χ1) is 11.6. The number of piperidine rings is 1. The molecule has 5 nitrogen and oxygen atoms in total. The highest BCUT2D eigenvalue weighted by molar-refractivity contribution is 6.31. The molecule has 1 aromatic carbocycles. The molecule has 3 heterocycles. The molecule has 0 aliphatic carbocycles. The molecule has 1 aromatic rings. The van der Waals surface area contributed by atoms with Gasteiger partial charge in [0.2, 0.25) is 0 Å². The summed E-state index contributed by atoms with van der Waals surface area (Å²) in [5, 5.41) is 0.844. The summed E-state index contributed by atoms with van der Waals surface area (Å²) in [7, 11) is 0. The van der Waals surface area contributed by atoms with Crippen LogP contribution in [0.5, 0.6) is 0 Å². The number of ether oxygens (including phenoxy) is 1. The van der Waals surface area contributed by atoms with Gasteiger partial charge in [0.05, 0.1) is 6.04 Å². The fourth-order valence-corrected chi connectivity index (χ4v) is 4.29. The Kier molecular flexibility index (Phi) is 4.31. The first-order valence-corrected chi connectivity index (χ1v) is 9.18. The smallest absolute Gasteiger partial charge is 0.410 e. The maximum Gasteiger partial charge on any atom is 0.410 e. The fourth-order valence-electron chi connectivity index (χ4n) is 4.11. The summed E-state index contributed by atoms with van der Waals surface area (Å²) < 4.78 is 5.17. The van der Waals surface area contributed by atoms with Gasteiger partial charge >= 0.3 is 6.09 Å². The lowest BCUT2D eigenvalue weighted by atomic mass is 10.00. The lowest BCUT2D eigenvalue weighted by molar-refractivity contribution is 0.0778. The number of carbonyl (C=O) groups excluding carboxylic acids is 1. The lowest BCUT2D eigenvalue weighted by Crippen LogP contribution is -2.56. The Bertz CT molecular complexity index is 631. The molecule has 0 aromatic heterocycles. The van der Waals surface area contributed by atoms with Crippen LogP contribution in [0.4, 0.5) is 10.5 Å². The van der Waals surface area contributed by atoms with E-state index < -0.39 is 0 Å². The molecule has 3 aliphatic heterocycles. The molecule has 3 fully saturated rings. The Morgan fingerprint density at radius 1 is 1.12 bits per heavy atom. The van der Waals surface area contributed by atoms with Crippen LogP contribution in [0, 0.1) is 6.92 Å². The zero-order valence-corrected chi connectivity index (χ0v) is 14.8. The summed E-state index contributed by atoms with van der Waals surface area (Å²) in [6.07, 6.45) is 2.19. The third-order valence-corrected chi connectivity index (χ3v) is 6.06. The standard InChI is InChI=1S/C18H24ClN3O2/c1-13-2-3-15(10-17(13)19)20-6-4-14(5-7-20)21-8-9-22-16(11-21)12-24-18(22)23/h2-3,10,14,16H,4-9,11-12H2,1H3. The number of rotatable bonds is 2. The number of halogens is 1. The summed E-state index contributed by atoms with van der Waals surface area (Å²) in [4.78, 5) is 18.5. The third kappa shape index (κ3) is 2.95. The third-order valence-electron chi connectivity index (χ3n) is 5.65. The maximum absolute atomic E-state index is 11.6. The van der Waals surface area contributed by atoms with Gasteiger partial charge in [0.25, 0.3) is 0 Å². The molecule has 130 valence electrons. The molecule has 4 rings (SSSR count). The number of piperazine rings is 1. The van der Waals surface area contributed by atoms with Gasteiger partial charge < -0.3 is 9.64 Å². The first kappa shape index (κ1) is 16.0. The van der Waals surface area contributed by atoms with Crippen molar-refractivity contribution in [1.29, 1.82) is 0 Å². The van der Waals surface area contributed by atoms with Crippen LogP contribution in [-0.4, -0.2) is 67.3 Å². The van der Waals surface area contributed by atoms with E-state index in [1.807, 2.05) is 11.8 Å². The molecule has 1 atom stereocenters. The minimum Gasteiger partial charge on any atom is -0.447 e. The summed E-state index contributed by atoms with van der Waals surface area (Å²) in [5.74, 6) is 0. The molecule has 6 heteroatoms. The highest BCUT2D eigenvalue weighted by Gasteiger charge is 2.39. The van der Waals surface area contributed by atoms with Crippen molar-refractivity contribution in [2.24, 2.45) is 0 Å². The largest absolute Gasteiger partial charge is 0.447 e. The zero-order valence-electron chi connectivity index (χ0n) is 14.1. The average molecular weight is 350 g/mol. The van der Waals surface area contributed by atoms with Gasteiger partial charge in [0, 0.05) is 49.5 Å². The van der Waals surface area contributed by atoms with E-state index in [2.05, 4.69) is 28.0 Å². The normalized spacial score (nSPS) is 25.8. The van der Waals surface area contributed by atoms with Gasteiger partial charge in [-0.15, -0.1) is 0 Å². The van der Waals surface area contributed by atoms with Crippen LogP contribution in [0.15, 0.2) is 18.2 Å². The first-order valence-electron chi connectivity index (χ1n) is 8.80. The average Bonchev–Trinajstić information content (AvgIpc) is 2.98. The van der Waals surface area contributed by atoms with Crippen LogP contribution >= 0.6 is 11.6 Å². The Labute approximate surface area is 148 Å². The Balaban J connectivity index is 1.34. The van der Waals surface area contributed by atoms with E-state index in [4.69, 9.17) is 16.3 Å². The van der Waals surface area contributed by atoms with E-state index >= 15 is 0 Å². The summed E-state index contributed by atoms with van der Waals surface area (Å²) in [6, 6.07) is 7.21. The van der Waals surface area contributed by atoms with E-state index in [9.17, 15) is 4.79 Å². The van der Waals surface area contributed by atoms with Crippen LogP contribution in [0.25, 0.3) is 0 Å². The van der Waals surface area contributed by atoms with Crippen LogP contribution < -0.4 is 4.90 Å². The summed E-state index contributed by atoms with van der Waals surface area (Å²) in [5.41, 5.74) is 2.35. The van der Waals surface area contributed by atoms with Crippen molar-refractivity contribution in [3.05, 3.63) is 28.8 Å². The maximum atomic E-state index is 11.6. The van der Waals surface area contributed by atoms with Crippen molar-refractivity contribution in [3.8, 4) is 0 Å². The second-order valence-electron chi connectivity index (χ2n) is 7.07. The second-order valence-corrected chi connectivity index (χ2v) is 7.48. The topological polar surface area (TPSA) is 36.0 Å². The van der Waals surface area contributed by atoms with Crippen molar-refractivity contribution < 1.29 is 9.53 Å². The molecule has 24 heavy (non-hydrogen) atoms. The van der Waals surface area contributed by atoms with Gasteiger partial charge in [-0.05, 0) is 37.5 Å². The highest BCUT2D eigenvalue weighted by Crippen LogP contribution is 2.28. The molecule has 3 saturated heterocycles. The van der Waals surface area contributed by atoms with Gasteiger partial charge in [0.15, 0.2) is 0 Å². The predicted molar refractivity (Wildman–Crippen MR) is 94.8 cm³/mol. The van der Waals surface area contributed by atoms with E-state index in [1.165, 1.54) is 5.69 Å². The monoisotopic (exact) mass is 349 g/mol. The number of anilines is 1. The van der Waals surface area contributed by atoms with Gasteiger partial charge in [-0.3, -0.25) is 9.80 Å². The number of nitrogens with zero attached hydrogens (tertiary/aromatic N) is 3. The van der Waals surface area contributed by atoms with Gasteiger partial charge in [-0.25, -0.2) is 4.79 Å². The SMILES string of the molecule is Cc1ccc(N2CCC(N3CCN4C(=O)OCC4C3)CC2)cc1Cl. The van der Waals surface area contributed by atoms with E-state index in [0.29, 0.717) is 12.6 Å². The Morgan fingerprint density at radius 3 is 2.67 bits per heavy atom. The van der Waals surface area contributed by atoms with Crippen LogP contribution in [0.1, 0.15) is 18.4 Å². The van der Waals surface area contributed by atoms with Crippen molar-refractivity contribution in [3.63, 3.8) is 0 Å². The lowest BCUT2D eigenvalue weighted by Gasteiger charge is -2.43. The second kappa shape index (κ2) is 6.45. The van der Waals surface area contributed by atoms with Crippen molar-refractivity contribution >= 4 is 23.4 Å². The molecule has 1 unspecified atom stereocenters. The van der Waals surface area contributed by atoms with Crippen molar-refractivity contribution in [2.45, 2.75) is 31.8 Å². The number of benzene rings is 1. The number of cyclic esters (lactones) is 1. The van der Waals surface area contributed by atoms with E-state index in [-0.39, 0.29) is 12.1 Å². The molecule has 0 bridgehead atoms. The predicted octanol–water partition coefficient (Wildman–Crippen LogP) is 2.75. The number of hydrogen-bond acceptors (Lipinski definition) is 4. The van der Waals surface area contributed by atoms with Crippen molar-refractivity contribution in [2.75, 3.05) is 44.2 Å². The van der Waals surface area contributed by atoms with Crippen molar-refractivity contribution in [1.82, 2.24) is 9.80 Å². The molecular formula is C18H24ClN3O2. The highest BCUT2D eigenvalue weighted by atomic mass is 35.5. The number of fused-ring (bicyclic) bond motifs is 1. The minimum atomic E-state index is -0.134. The number of carbonyl (C=O) groups is 1. The molecule has 1 amide bonds. The van der Waals surface area contributed by atoms with Gasteiger partial charge in [-0.1, -0.05) is 17.7 Å². The molecule has 0 spiro atoms. The summed E-state index contributed by atoms with van der Waals surface area (Å²) in [6.45, 7) is 7.43. The quantitative estimate of drug-likeness (QED) is 0.822. The Morgan fingerprint density at radius 2 is 1.92 bits per heavy atom.